The first kappa shape index (κ1) is 13.9. The molecule has 0 aromatic rings. The summed E-state index contributed by atoms with van der Waals surface area (Å²) < 4.78 is 30.6. The van der Waals surface area contributed by atoms with Crippen molar-refractivity contribution in [3.63, 3.8) is 0 Å². The van der Waals surface area contributed by atoms with Gasteiger partial charge in [0.15, 0.2) is 0 Å². The van der Waals surface area contributed by atoms with Gasteiger partial charge in [-0.15, -0.1) is 0 Å². The maximum absolute atomic E-state index is 12.0. The molecule has 1 heterocycles. The predicted molar refractivity (Wildman–Crippen MR) is 61.7 cm³/mol. The molecule has 0 bridgehead atoms. The highest BCUT2D eigenvalue weighted by molar-refractivity contribution is 7.89. The van der Waals surface area contributed by atoms with Gasteiger partial charge in [0.2, 0.25) is 10.0 Å². The van der Waals surface area contributed by atoms with Crippen molar-refractivity contribution in [1.82, 2.24) is 4.31 Å². The van der Waals surface area contributed by atoms with Crippen LogP contribution in [-0.4, -0.2) is 55.5 Å². The lowest BCUT2D eigenvalue weighted by atomic mass is 10.1. The Hall–Kier alpha value is -0.170. The quantitative estimate of drug-likeness (QED) is 0.758. The first-order chi connectivity index (χ1) is 7.29. The van der Waals surface area contributed by atoms with E-state index >= 15 is 0 Å². The van der Waals surface area contributed by atoms with Crippen LogP contribution < -0.4 is 0 Å². The molecule has 0 radical (unpaired) electrons. The van der Waals surface area contributed by atoms with Crippen molar-refractivity contribution in [3.05, 3.63) is 0 Å². The smallest absolute Gasteiger partial charge is 0.216 e. The summed E-state index contributed by atoms with van der Waals surface area (Å²) >= 11 is 0. The summed E-state index contributed by atoms with van der Waals surface area (Å²) in [6.45, 7) is 3.83. The molecule has 0 spiro atoms. The average molecular weight is 251 g/mol. The summed E-state index contributed by atoms with van der Waals surface area (Å²) in [6.07, 6.45) is 1.53. The second-order valence-electron chi connectivity index (χ2n) is 4.85. The Morgan fingerprint density at radius 3 is 2.56 bits per heavy atom. The zero-order valence-corrected chi connectivity index (χ0v) is 11.0. The van der Waals surface area contributed by atoms with Gasteiger partial charge in [-0.3, -0.25) is 0 Å². The minimum Gasteiger partial charge on any atom is -0.394 e. The van der Waals surface area contributed by atoms with Crippen molar-refractivity contribution in [2.24, 2.45) is 0 Å². The third-order valence-corrected chi connectivity index (χ3v) is 5.20. The molecule has 1 N–H and O–H groups in total. The predicted octanol–water partition coefficient (Wildman–Crippen LogP) is 0.198. The summed E-state index contributed by atoms with van der Waals surface area (Å²) in [7, 11) is -1.86. The van der Waals surface area contributed by atoms with E-state index in [0.29, 0.717) is 6.61 Å². The lowest BCUT2D eigenvalue weighted by Gasteiger charge is -2.33. The van der Waals surface area contributed by atoms with E-state index in [0.717, 1.165) is 12.8 Å². The van der Waals surface area contributed by atoms with Crippen LogP contribution in [0.3, 0.4) is 0 Å². The van der Waals surface area contributed by atoms with Gasteiger partial charge >= 0.3 is 0 Å². The van der Waals surface area contributed by atoms with Crippen molar-refractivity contribution >= 4 is 10.0 Å². The molecular formula is C10H21NO4S. The van der Waals surface area contributed by atoms with Crippen molar-refractivity contribution in [2.45, 2.75) is 38.3 Å². The number of likely N-dealkylation sites (N-methyl/N-ethyl adjacent to an activating group) is 1. The molecule has 5 nitrogen and oxygen atoms in total. The molecule has 1 fully saturated rings. The van der Waals surface area contributed by atoms with E-state index in [1.807, 2.05) is 0 Å². The molecule has 0 amide bonds. The minimum atomic E-state index is -3.37. The number of nitrogens with zero attached hydrogens (tertiary/aromatic N) is 1. The van der Waals surface area contributed by atoms with E-state index in [-0.39, 0.29) is 18.5 Å². The summed E-state index contributed by atoms with van der Waals surface area (Å²) in [4.78, 5) is 0. The molecule has 0 saturated carbocycles. The van der Waals surface area contributed by atoms with Crippen molar-refractivity contribution in [1.29, 1.82) is 0 Å². The highest BCUT2D eigenvalue weighted by Crippen LogP contribution is 2.20. The van der Waals surface area contributed by atoms with E-state index in [9.17, 15) is 8.42 Å². The Morgan fingerprint density at radius 1 is 1.50 bits per heavy atom. The lowest BCUT2D eigenvalue weighted by Crippen LogP contribution is -2.49. The number of ether oxygens (including phenoxy) is 1. The third-order valence-electron chi connectivity index (χ3n) is 3.08. The summed E-state index contributed by atoms with van der Waals surface area (Å²) in [6, 6.07) is 0. The molecular weight excluding hydrogens is 230 g/mol. The molecule has 0 aliphatic carbocycles. The number of sulfonamides is 1. The molecule has 1 aliphatic heterocycles. The van der Waals surface area contributed by atoms with Crippen molar-refractivity contribution in [3.8, 4) is 0 Å². The zero-order chi connectivity index (χ0) is 12.4. The molecule has 16 heavy (non-hydrogen) atoms. The van der Waals surface area contributed by atoms with Crippen LogP contribution in [0.1, 0.15) is 26.7 Å². The van der Waals surface area contributed by atoms with Crippen LogP contribution >= 0.6 is 0 Å². The average Bonchev–Trinajstić information content (AvgIpc) is 2.68. The van der Waals surface area contributed by atoms with Gasteiger partial charge in [0.1, 0.15) is 0 Å². The third kappa shape index (κ3) is 3.16. The second kappa shape index (κ2) is 5.00. The van der Waals surface area contributed by atoms with Crippen LogP contribution in [0.15, 0.2) is 0 Å². The summed E-state index contributed by atoms with van der Waals surface area (Å²) in [5, 5.41) is 9.15. The fraction of sp³-hybridized carbons (Fsp3) is 1.00. The highest BCUT2D eigenvalue weighted by atomic mass is 32.2. The number of hydrogen-bond donors (Lipinski definition) is 1. The summed E-state index contributed by atoms with van der Waals surface area (Å²) in [5.41, 5.74) is -0.766. The normalized spacial score (nSPS) is 22.9. The van der Waals surface area contributed by atoms with Gasteiger partial charge in [0.05, 0.1) is 24.0 Å². The van der Waals surface area contributed by atoms with E-state index in [1.54, 1.807) is 13.8 Å². The Labute approximate surface area is 97.4 Å². The molecule has 0 aromatic carbocycles. The second-order valence-corrected chi connectivity index (χ2v) is 6.90. The Bertz CT molecular complexity index is 320. The van der Waals surface area contributed by atoms with Gasteiger partial charge in [0.25, 0.3) is 0 Å². The molecule has 1 atom stereocenters. The molecule has 96 valence electrons. The van der Waals surface area contributed by atoms with Crippen LogP contribution in [0.4, 0.5) is 0 Å². The Morgan fingerprint density at radius 2 is 2.12 bits per heavy atom. The largest absolute Gasteiger partial charge is 0.394 e. The van der Waals surface area contributed by atoms with Gasteiger partial charge in [0, 0.05) is 13.7 Å². The molecule has 0 aromatic heterocycles. The van der Waals surface area contributed by atoms with E-state index < -0.39 is 15.6 Å². The van der Waals surface area contributed by atoms with Crippen LogP contribution in [-0.2, 0) is 14.8 Å². The highest BCUT2D eigenvalue weighted by Gasteiger charge is 2.34. The van der Waals surface area contributed by atoms with Crippen LogP contribution in [0.25, 0.3) is 0 Å². The number of rotatable bonds is 5. The first-order valence-corrected chi connectivity index (χ1v) is 7.10. The number of hydrogen-bond acceptors (Lipinski definition) is 4. The molecule has 1 rings (SSSR count). The van der Waals surface area contributed by atoms with E-state index in [4.69, 9.17) is 9.84 Å². The van der Waals surface area contributed by atoms with Crippen LogP contribution in [0.2, 0.25) is 0 Å². The first-order valence-electron chi connectivity index (χ1n) is 5.49. The van der Waals surface area contributed by atoms with Gasteiger partial charge in [-0.1, -0.05) is 0 Å². The molecule has 1 aliphatic rings. The Balaban J connectivity index is 2.69. The molecule has 6 heteroatoms. The Kier molecular flexibility index (Phi) is 4.34. The maximum atomic E-state index is 12.0. The van der Waals surface area contributed by atoms with Crippen molar-refractivity contribution < 1.29 is 18.3 Å². The monoisotopic (exact) mass is 251 g/mol. The molecule has 1 saturated heterocycles. The fourth-order valence-electron chi connectivity index (χ4n) is 1.60. The van der Waals surface area contributed by atoms with Gasteiger partial charge in [-0.05, 0) is 26.7 Å². The maximum Gasteiger partial charge on any atom is 0.216 e. The number of aliphatic hydroxyl groups excluding tert-OH is 1. The lowest BCUT2D eigenvalue weighted by molar-refractivity contribution is 0.119. The standard InChI is InChI=1S/C10H21NO4S/c1-10(2,8-12)11(3)16(13,14)7-9-5-4-6-15-9/h9,12H,4-8H2,1-3H3. The van der Waals surface area contributed by atoms with Crippen LogP contribution in [0.5, 0.6) is 0 Å². The van der Waals surface area contributed by atoms with Gasteiger partial charge in [-0.2, -0.15) is 4.31 Å². The van der Waals surface area contributed by atoms with Gasteiger partial charge in [-0.25, -0.2) is 8.42 Å². The van der Waals surface area contributed by atoms with Crippen LogP contribution in [0, 0.1) is 0 Å². The van der Waals surface area contributed by atoms with Gasteiger partial charge < -0.3 is 9.84 Å². The number of aliphatic hydroxyl groups is 1. The zero-order valence-electron chi connectivity index (χ0n) is 10.1. The SMILES string of the molecule is CN(C(C)(C)CO)S(=O)(=O)CC1CCCO1. The topological polar surface area (TPSA) is 66.8 Å². The fourth-order valence-corrected chi connectivity index (χ4v) is 3.37. The van der Waals surface area contributed by atoms with E-state index in [1.165, 1.54) is 11.4 Å². The minimum absolute atomic E-state index is 0.00687. The van der Waals surface area contributed by atoms with Crippen molar-refractivity contribution in [2.75, 3.05) is 26.0 Å². The van der Waals surface area contributed by atoms with E-state index in [2.05, 4.69) is 0 Å². The summed E-state index contributed by atoms with van der Waals surface area (Å²) in [5.74, 6) is 0.00687. The molecule has 1 unspecified atom stereocenters.